The fourth-order valence-corrected chi connectivity index (χ4v) is 5.10. The van der Waals surface area contributed by atoms with E-state index in [1.807, 2.05) is 0 Å². The lowest BCUT2D eigenvalue weighted by Crippen LogP contribution is -2.73. The van der Waals surface area contributed by atoms with Crippen molar-refractivity contribution < 1.29 is 24.5 Å². The second-order valence-electron chi connectivity index (χ2n) is 4.73. The van der Waals surface area contributed by atoms with Gasteiger partial charge in [-0.1, -0.05) is 17.8 Å². The number of carbonyl (C=O) groups excluding carboxylic acids is 1. The van der Waals surface area contributed by atoms with Crippen molar-refractivity contribution in [3.63, 3.8) is 0 Å². The Morgan fingerprint density at radius 2 is 2.36 bits per heavy atom. The Bertz CT molecular complexity index is 651. The molecule has 2 aliphatic heterocycles. The predicted octanol–water partition coefficient (Wildman–Crippen LogP) is 1.70. The number of carboxylic acid groups (broad SMARTS) is 1. The molecule has 1 fully saturated rings. The highest BCUT2D eigenvalue weighted by atomic mass is 32.2. The van der Waals surface area contributed by atoms with Crippen LogP contribution in [0.15, 0.2) is 40.7 Å². The molecule has 0 saturated carbocycles. The minimum absolute atomic E-state index is 0.0228. The lowest BCUT2D eigenvalue weighted by Gasteiger charge is -2.52. The highest BCUT2D eigenvalue weighted by molar-refractivity contribution is 8.06. The summed E-state index contributed by atoms with van der Waals surface area (Å²) in [6, 6.07) is 5.32. The molecule has 7 nitrogen and oxygen atoms in total. The molecular formula is C13H12N2O5S2. The molecule has 9 heteroatoms. The van der Waals surface area contributed by atoms with E-state index in [0.29, 0.717) is 5.03 Å². The van der Waals surface area contributed by atoms with Crippen molar-refractivity contribution in [2.24, 2.45) is 0 Å². The van der Waals surface area contributed by atoms with Crippen molar-refractivity contribution in [2.45, 2.75) is 28.2 Å². The number of rotatable bonds is 4. The van der Waals surface area contributed by atoms with Gasteiger partial charge in [0.15, 0.2) is 4.75 Å². The topological polar surface area (TPSA) is 100.0 Å². The Hall–Kier alpha value is -1.71. The van der Waals surface area contributed by atoms with E-state index in [1.165, 1.54) is 33.8 Å². The molecule has 22 heavy (non-hydrogen) atoms. The third-order valence-electron chi connectivity index (χ3n) is 3.41. The number of amides is 1. The number of fused-ring (bicyclic) bond motifs is 1. The van der Waals surface area contributed by atoms with Crippen LogP contribution in [-0.4, -0.2) is 48.4 Å². The summed E-state index contributed by atoms with van der Waals surface area (Å²) in [7, 11) is 0. The van der Waals surface area contributed by atoms with Gasteiger partial charge in [-0.05, 0) is 19.1 Å². The molecule has 1 aromatic rings. The van der Waals surface area contributed by atoms with Gasteiger partial charge >= 0.3 is 6.16 Å². The molecule has 1 saturated heterocycles. The van der Waals surface area contributed by atoms with Gasteiger partial charge in [0.2, 0.25) is 5.88 Å². The van der Waals surface area contributed by atoms with Crippen molar-refractivity contribution in [1.82, 2.24) is 9.88 Å². The molecule has 2 unspecified atom stereocenters. The third kappa shape index (κ3) is 2.16. The zero-order chi connectivity index (χ0) is 15.9. The minimum atomic E-state index is -1.48. The molecule has 3 atom stereocenters. The highest BCUT2D eigenvalue weighted by Gasteiger charge is 2.68. The van der Waals surface area contributed by atoms with E-state index in [4.69, 9.17) is 5.11 Å². The van der Waals surface area contributed by atoms with Gasteiger partial charge in [-0.3, -0.25) is 9.69 Å². The Morgan fingerprint density at radius 1 is 1.59 bits per heavy atom. The van der Waals surface area contributed by atoms with Gasteiger partial charge in [-0.15, -0.1) is 11.8 Å². The van der Waals surface area contributed by atoms with Crippen LogP contribution in [0.1, 0.15) is 6.92 Å². The summed E-state index contributed by atoms with van der Waals surface area (Å²) < 4.78 is 3.48. The summed E-state index contributed by atoms with van der Waals surface area (Å²) in [4.78, 5) is 28.7. The molecule has 3 heterocycles. The Balaban J connectivity index is 1.86. The Kier molecular flexibility index (Phi) is 3.79. The lowest BCUT2D eigenvalue weighted by molar-refractivity contribution is -0.151. The van der Waals surface area contributed by atoms with Crippen LogP contribution in [0.2, 0.25) is 0 Å². The molecule has 0 radical (unpaired) electrons. The quantitative estimate of drug-likeness (QED) is 0.631. The molecule has 1 aromatic heterocycles. The summed E-state index contributed by atoms with van der Waals surface area (Å²) in [5.41, 5.74) is 0. The van der Waals surface area contributed by atoms with Gasteiger partial charge in [-0.2, -0.15) is 0 Å². The van der Waals surface area contributed by atoms with Crippen LogP contribution in [0, 0.1) is 0 Å². The van der Waals surface area contributed by atoms with E-state index in [1.54, 1.807) is 31.3 Å². The fraction of sp³-hybridized carbons (Fsp3) is 0.308. The fourth-order valence-electron chi connectivity index (χ4n) is 2.39. The predicted molar refractivity (Wildman–Crippen MR) is 79.9 cm³/mol. The molecule has 0 aromatic carbocycles. The van der Waals surface area contributed by atoms with E-state index in [9.17, 15) is 14.7 Å². The van der Waals surface area contributed by atoms with Crippen LogP contribution in [0.3, 0.4) is 0 Å². The number of ether oxygens (including phenoxy) is 1. The number of thioether (sulfide) groups is 2. The smallest absolute Gasteiger partial charge is 0.449 e. The molecule has 3 rings (SSSR count). The van der Waals surface area contributed by atoms with Crippen molar-refractivity contribution in [3.05, 3.63) is 35.7 Å². The first-order valence-electron chi connectivity index (χ1n) is 6.35. The van der Waals surface area contributed by atoms with Crippen molar-refractivity contribution in [1.29, 1.82) is 0 Å². The summed E-state index contributed by atoms with van der Waals surface area (Å²) in [6.45, 7) is 1.54. The maximum atomic E-state index is 12.6. The average Bonchev–Trinajstić information content (AvgIpc) is 2.84. The first-order valence-corrected chi connectivity index (χ1v) is 8.11. The zero-order valence-electron chi connectivity index (χ0n) is 11.4. The monoisotopic (exact) mass is 340 g/mol. The SMILES string of the molecule is CC(O)C1(Sc2ccccn2)C(=O)N2C(OC(=O)O)=CS[C@H]21. The number of hydrogen-bond acceptors (Lipinski definition) is 7. The van der Waals surface area contributed by atoms with E-state index in [0.717, 1.165) is 0 Å². The van der Waals surface area contributed by atoms with E-state index in [2.05, 4.69) is 9.72 Å². The van der Waals surface area contributed by atoms with Crippen LogP contribution in [0.5, 0.6) is 0 Å². The first kappa shape index (κ1) is 15.2. The standard InChI is InChI=1S/C13H12N2O5S2/c1-7(16)13(22-8-4-2-3-5-14-8)10(17)15-9(20-12(18)19)6-21-11(13)15/h2-7,11,16H,1H3,(H,18,19)/t7?,11-,13?/m0/s1. The summed E-state index contributed by atoms with van der Waals surface area (Å²) in [5, 5.41) is 20.5. The maximum absolute atomic E-state index is 12.6. The largest absolute Gasteiger partial charge is 0.512 e. The van der Waals surface area contributed by atoms with Crippen LogP contribution < -0.4 is 0 Å². The van der Waals surface area contributed by atoms with Gasteiger partial charge in [0, 0.05) is 11.6 Å². The minimum Gasteiger partial charge on any atom is -0.449 e. The molecular weight excluding hydrogens is 328 g/mol. The van der Waals surface area contributed by atoms with E-state index < -0.39 is 22.4 Å². The van der Waals surface area contributed by atoms with Gasteiger partial charge < -0.3 is 14.9 Å². The molecule has 116 valence electrons. The lowest BCUT2D eigenvalue weighted by atomic mass is 9.91. The summed E-state index contributed by atoms with van der Waals surface area (Å²) >= 11 is 2.43. The normalized spacial score (nSPS) is 27.7. The molecule has 0 spiro atoms. The molecule has 1 amide bonds. The number of carbonyl (C=O) groups is 2. The average molecular weight is 340 g/mol. The number of pyridine rings is 1. The second-order valence-corrected chi connectivity index (χ2v) is 6.98. The number of aromatic nitrogens is 1. The maximum Gasteiger partial charge on any atom is 0.512 e. The van der Waals surface area contributed by atoms with Gasteiger partial charge in [-0.25, -0.2) is 9.78 Å². The van der Waals surface area contributed by atoms with E-state index in [-0.39, 0.29) is 11.8 Å². The van der Waals surface area contributed by atoms with Crippen LogP contribution in [0.25, 0.3) is 0 Å². The van der Waals surface area contributed by atoms with Gasteiger partial charge in [0.25, 0.3) is 5.91 Å². The van der Waals surface area contributed by atoms with Crippen LogP contribution in [0.4, 0.5) is 4.79 Å². The van der Waals surface area contributed by atoms with E-state index >= 15 is 0 Å². The Labute approximate surface area is 134 Å². The van der Waals surface area contributed by atoms with Crippen molar-refractivity contribution >= 4 is 35.6 Å². The molecule has 0 bridgehead atoms. The Morgan fingerprint density at radius 3 is 2.95 bits per heavy atom. The second kappa shape index (κ2) is 5.49. The van der Waals surface area contributed by atoms with Gasteiger partial charge in [0.05, 0.1) is 11.1 Å². The molecule has 2 N–H and O–H groups in total. The molecule has 0 aliphatic carbocycles. The zero-order valence-corrected chi connectivity index (χ0v) is 13.0. The third-order valence-corrected chi connectivity index (χ3v) is 6.27. The number of nitrogens with zero attached hydrogens (tertiary/aromatic N) is 2. The summed E-state index contributed by atoms with van der Waals surface area (Å²) in [5.74, 6) is -0.411. The van der Waals surface area contributed by atoms with Crippen molar-refractivity contribution in [3.8, 4) is 0 Å². The van der Waals surface area contributed by atoms with Crippen molar-refractivity contribution in [2.75, 3.05) is 0 Å². The van der Waals surface area contributed by atoms with Crippen LogP contribution >= 0.6 is 23.5 Å². The first-order chi connectivity index (χ1) is 10.5. The number of aliphatic hydroxyl groups excluding tert-OH is 1. The number of hydrogen-bond donors (Lipinski definition) is 2. The highest BCUT2D eigenvalue weighted by Crippen LogP contribution is 2.56. The number of β-lactam (4-membered cyclic amide) rings is 1. The summed E-state index contributed by atoms with van der Waals surface area (Å²) in [6.07, 6.45) is -0.802. The molecule has 2 aliphatic rings. The van der Waals surface area contributed by atoms with Gasteiger partial charge in [0.1, 0.15) is 5.37 Å². The van der Waals surface area contributed by atoms with Crippen LogP contribution in [-0.2, 0) is 9.53 Å². The number of aliphatic hydroxyl groups is 1.